The van der Waals surface area contributed by atoms with E-state index in [1.165, 1.54) is 0 Å². The van der Waals surface area contributed by atoms with E-state index >= 15 is 0 Å². The molecule has 3 aliphatic rings. The molecular weight excluding hydrogens is 530 g/mol. The first-order chi connectivity index (χ1) is 19.7. The van der Waals surface area contributed by atoms with Crippen molar-refractivity contribution >= 4 is 12.0 Å². The molecule has 228 valence electrons. The van der Waals surface area contributed by atoms with Gasteiger partial charge in [-0.15, -0.1) is 0 Å². The van der Waals surface area contributed by atoms with Crippen LogP contribution in [0.5, 0.6) is 11.5 Å². The summed E-state index contributed by atoms with van der Waals surface area (Å²) in [6.07, 6.45) is 0.730. The van der Waals surface area contributed by atoms with Crippen molar-refractivity contribution in [1.29, 1.82) is 0 Å². The van der Waals surface area contributed by atoms with Gasteiger partial charge in [-0.25, -0.2) is 4.79 Å². The van der Waals surface area contributed by atoms with Gasteiger partial charge >= 0.3 is 6.09 Å². The summed E-state index contributed by atoms with van der Waals surface area (Å²) in [5.74, 6) is 0.985. The van der Waals surface area contributed by atoms with Crippen molar-refractivity contribution in [1.82, 2.24) is 14.7 Å². The van der Waals surface area contributed by atoms with Gasteiger partial charge in [-0.2, -0.15) is 0 Å². The Kier molecular flexibility index (Phi) is 7.98. The smallest absolute Gasteiger partial charge is 0.411 e. The number of benzene rings is 2. The number of piperidine rings is 1. The second-order valence-corrected chi connectivity index (χ2v) is 14.3. The molecule has 2 fully saturated rings. The Labute approximate surface area is 250 Å². The molecule has 5 atom stereocenters. The van der Waals surface area contributed by atoms with Crippen LogP contribution < -0.4 is 0 Å². The summed E-state index contributed by atoms with van der Waals surface area (Å²) in [5.41, 5.74) is 2.08. The number of hydrogen-bond acceptors (Lipinski definition) is 6. The third-order valence-corrected chi connectivity index (χ3v) is 9.79. The minimum Gasteiger partial charge on any atom is -0.508 e. The summed E-state index contributed by atoms with van der Waals surface area (Å²) in [6, 6.07) is 12.3. The molecule has 0 spiro atoms. The van der Waals surface area contributed by atoms with Gasteiger partial charge in [0, 0.05) is 38.1 Å². The Morgan fingerprint density at radius 2 is 1.69 bits per heavy atom. The lowest BCUT2D eigenvalue weighted by atomic mass is 9.65. The molecule has 2 aromatic carbocycles. The van der Waals surface area contributed by atoms with Gasteiger partial charge in [0.05, 0.1) is 6.54 Å². The number of fused-ring (bicyclic) bond motifs is 2. The molecule has 2 N–H and O–H groups in total. The summed E-state index contributed by atoms with van der Waals surface area (Å²) in [5, 5.41) is 20.4. The molecule has 1 unspecified atom stereocenters. The zero-order chi connectivity index (χ0) is 30.6. The Balaban J connectivity index is 1.46. The normalized spacial score (nSPS) is 28.3. The highest BCUT2D eigenvalue weighted by Crippen LogP contribution is 2.44. The number of carbonyl (C=O) groups excluding carboxylic acids is 2. The number of phenols is 2. The molecule has 8 nitrogen and oxygen atoms in total. The van der Waals surface area contributed by atoms with E-state index in [1.807, 2.05) is 43.9 Å². The number of aromatic hydroxyl groups is 2. The lowest BCUT2D eigenvalue weighted by Crippen LogP contribution is -2.68. The fourth-order valence-electron chi connectivity index (χ4n) is 7.21. The highest BCUT2D eigenvalue weighted by atomic mass is 16.6. The number of amides is 2. The number of nitrogens with zero attached hydrogens (tertiary/aromatic N) is 3. The highest BCUT2D eigenvalue weighted by Gasteiger charge is 2.49. The van der Waals surface area contributed by atoms with Gasteiger partial charge in [0.15, 0.2) is 0 Å². The SMILES string of the molecule is CC(C)[C@H]1CN2C[C@H](C)[C@](C)(c3cccc(O)c3)C[C@@H]2CN1C(=O)C1Cc2ccc(O)cc2CN1C(=O)OC(C)(C)C. The van der Waals surface area contributed by atoms with E-state index in [9.17, 15) is 19.8 Å². The number of carbonyl (C=O) groups is 2. The van der Waals surface area contributed by atoms with Crippen LogP contribution in [0, 0.1) is 11.8 Å². The number of piperazine rings is 1. The third-order valence-electron chi connectivity index (χ3n) is 9.79. The average Bonchev–Trinajstić information content (AvgIpc) is 2.91. The fraction of sp³-hybridized carbons (Fsp3) is 0.588. The second kappa shape index (κ2) is 11.1. The van der Waals surface area contributed by atoms with Gasteiger partial charge < -0.3 is 19.8 Å². The molecule has 2 aromatic rings. The molecule has 2 amide bonds. The predicted molar refractivity (Wildman–Crippen MR) is 162 cm³/mol. The summed E-state index contributed by atoms with van der Waals surface area (Å²) in [4.78, 5) is 34.3. The topological polar surface area (TPSA) is 93.5 Å². The van der Waals surface area contributed by atoms with Crippen molar-refractivity contribution in [3.05, 3.63) is 59.2 Å². The zero-order valence-electron chi connectivity index (χ0n) is 26.1. The quantitative estimate of drug-likeness (QED) is 0.515. The van der Waals surface area contributed by atoms with Gasteiger partial charge in [-0.1, -0.05) is 45.9 Å². The first-order valence-corrected chi connectivity index (χ1v) is 15.3. The first kappa shape index (κ1) is 30.2. The van der Waals surface area contributed by atoms with Gasteiger partial charge in [0.1, 0.15) is 23.1 Å². The van der Waals surface area contributed by atoms with Crippen LogP contribution in [0.15, 0.2) is 42.5 Å². The second-order valence-electron chi connectivity index (χ2n) is 14.3. The molecule has 3 aliphatic heterocycles. The van der Waals surface area contributed by atoms with E-state index in [1.54, 1.807) is 23.1 Å². The van der Waals surface area contributed by atoms with Crippen molar-refractivity contribution in [2.24, 2.45) is 11.8 Å². The van der Waals surface area contributed by atoms with Crippen LogP contribution in [0.25, 0.3) is 0 Å². The van der Waals surface area contributed by atoms with Crippen molar-refractivity contribution in [2.45, 2.75) is 97.0 Å². The minimum atomic E-state index is -0.703. The maximum Gasteiger partial charge on any atom is 0.411 e. The summed E-state index contributed by atoms with van der Waals surface area (Å²) in [7, 11) is 0. The third kappa shape index (κ3) is 5.83. The van der Waals surface area contributed by atoms with Crippen LogP contribution in [-0.4, -0.2) is 80.3 Å². The van der Waals surface area contributed by atoms with Gasteiger partial charge in [-0.3, -0.25) is 14.6 Å². The lowest BCUT2D eigenvalue weighted by molar-refractivity contribution is -0.148. The van der Waals surface area contributed by atoms with E-state index < -0.39 is 17.7 Å². The molecular formula is C34H47N3O5. The molecule has 0 radical (unpaired) electrons. The average molecular weight is 578 g/mol. The summed E-state index contributed by atoms with van der Waals surface area (Å²) in [6.45, 7) is 16.9. The molecule has 8 heteroatoms. The van der Waals surface area contributed by atoms with E-state index in [-0.39, 0.29) is 47.4 Å². The zero-order valence-corrected chi connectivity index (χ0v) is 26.1. The summed E-state index contributed by atoms with van der Waals surface area (Å²) >= 11 is 0. The first-order valence-electron chi connectivity index (χ1n) is 15.3. The lowest BCUT2D eigenvalue weighted by Gasteiger charge is -2.56. The largest absolute Gasteiger partial charge is 0.508 e. The molecule has 0 bridgehead atoms. The van der Waals surface area contributed by atoms with Crippen molar-refractivity contribution in [2.75, 3.05) is 19.6 Å². The molecule has 2 saturated heterocycles. The Bertz CT molecular complexity index is 1340. The number of phenolic OH excluding ortho intramolecular Hbond substituents is 2. The molecule has 42 heavy (non-hydrogen) atoms. The monoisotopic (exact) mass is 577 g/mol. The maximum absolute atomic E-state index is 14.6. The van der Waals surface area contributed by atoms with Crippen LogP contribution in [0.3, 0.4) is 0 Å². The number of ether oxygens (including phenoxy) is 1. The Hall–Kier alpha value is -3.26. The van der Waals surface area contributed by atoms with Crippen LogP contribution in [0.2, 0.25) is 0 Å². The number of rotatable bonds is 3. The Morgan fingerprint density at radius 1 is 0.976 bits per heavy atom. The van der Waals surface area contributed by atoms with Gasteiger partial charge in [-0.05, 0) is 85.4 Å². The highest BCUT2D eigenvalue weighted by molar-refractivity contribution is 5.87. The maximum atomic E-state index is 14.6. The van der Waals surface area contributed by atoms with Crippen molar-refractivity contribution in [3.63, 3.8) is 0 Å². The molecule has 0 aromatic heterocycles. The standard InChI is InChI=1S/C34H47N3O5/c1-21(2)30-20-35-17-22(3)34(7,25-9-8-10-27(38)15-25)16-26(35)19-36(30)31(40)29-14-23-11-12-28(39)13-24(23)18-37(29)32(41)42-33(4,5)6/h8-13,15,21-22,26,29-30,38-39H,14,16-20H2,1-7H3/t22-,26+,29?,30+,34+/m0/s1. The van der Waals surface area contributed by atoms with Crippen LogP contribution >= 0.6 is 0 Å². The minimum absolute atomic E-state index is 0.0211. The van der Waals surface area contributed by atoms with Crippen LogP contribution in [0.1, 0.15) is 71.6 Å². The van der Waals surface area contributed by atoms with E-state index in [0.29, 0.717) is 18.9 Å². The molecule has 3 heterocycles. The number of hydrogen-bond donors (Lipinski definition) is 2. The van der Waals surface area contributed by atoms with Gasteiger partial charge in [0.25, 0.3) is 0 Å². The predicted octanol–water partition coefficient (Wildman–Crippen LogP) is 5.29. The fourth-order valence-corrected chi connectivity index (χ4v) is 7.21. The Morgan fingerprint density at radius 3 is 2.36 bits per heavy atom. The van der Waals surface area contributed by atoms with E-state index in [2.05, 4.69) is 38.7 Å². The van der Waals surface area contributed by atoms with Crippen molar-refractivity contribution in [3.8, 4) is 11.5 Å². The summed E-state index contributed by atoms with van der Waals surface area (Å²) < 4.78 is 5.77. The molecule has 5 rings (SSSR count). The van der Waals surface area contributed by atoms with E-state index in [0.717, 1.165) is 36.2 Å². The molecule has 0 saturated carbocycles. The van der Waals surface area contributed by atoms with Gasteiger partial charge in [0.2, 0.25) is 5.91 Å². The van der Waals surface area contributed by atoms with Crippen molar-refractivity contribution < 1.29 is 24.5 Å². The van der Waals surface area contributed by atoms with E-state index in [4.69, 9.17) is 4.74 Å². The van der Waals surface area contributed by atoms with Crippen LogP contribution in [-0.2, 0) is 27.9 Å². The molecule has 0 aliphatic carbocycles. The van der Waals surface area contributed by atoms with Crippen LogP contribution in [0.4, 0.5) is 4.79 Å².